The van der Waals surface area contributed by atoms with Gasteiger partial charge in [-0.15, -0.1) is 0 Å². The van der Waals surface area contributed by atoms with Crippen LogP contribution in [-0.4, -0.2) is 23.0 Å². The monoisotopic (exact) mass is 115 g/mol. The van der Waals surface area contributed by atoms with Crippen LogP contribution in [0.2, 0.25) is 0 Å². The predicted octanol–water partition coefficient (Wildman–Crippen LogP) is 1.41. The second-order valence-electron chi connectivity index (χ2n) is 3.07. The zero-order valence-electron chi connectivity index (χ0n) is 5.06. The average Bonchev–Trinajstić information content (AvgIpc) is 2.26. The van der Waals surface area contributed by atoms with Crippen LogP contribution < -0.4 is 0 Å². The molecule has 0 aromatic heterocycles. The molecule has 7 heavy (non-hydrogen) atoms. The van der Waals surface area contributed by atoms with Gasteiger partial charge in [-0.05, 0) is 12.5 Å². The van der Waals surface area contributed by atoms with Crippen molar-refractivity contribution >= 4 is 10.0 Å². The molecular weight excluding hydrogens is 104 g/mol. The Morgan fingerprint density at radius 3 is 1.71 bits per heavy atom. The van der Waals surface area contributed by atoms with Crippen molar-refractivity contribution < 1.29 is 0 Å². The molecule has 0 radical (unpaired) electrons. The minimum absolute atomic E-state index is 0.0156. The van der Waals surface area contributed by atoms with E-state index in [1.54, 1.807) is 5.92 Å². The summed E-state index contributed by atoms with van der Waals surface area (Å²) in [5.74, 6) is 1.79. The second-order valence-corrected chi connectivity index (χ2v) is 7.06. The van der Waals surface area contributed by atoms with Crippen molar-refractivity contribution in [2.24, 2.45) is 0 Å². The molecule has 42 valence electrons. The number of fused-ring (bicyclic) bond motifs is 1. The van der Waals surface area contributed by atoms with Crippen LogP contribution in [0.25, 0.3) is 0 Å². The van der Waals surface area contributed by atoms with Crippen molar-refractivity contribution in [1.82, 2.24) is 0 Å². The summed E-state index contributed by atoms with van der Waals surface area (Å²) in [6.45, 7) is 2.30. The van der Waals surface area contributed by atoms with Gasteiger partial charge in [-0.3, -0.25) is 15.9 Å². The molecule has 1 heterocycles. The molecule has 1 aliphatic carbocycles. The smallest absolute Gasteiger partial charge is 0.0390 e. The van der Waals surface area contributed by atoms with Gasteiger partial charge in [0.25, 0.3) is 0 Å². The van der Waals surface area contributed by atoms with Crippen LogP contribution in [-0.2, 0) is 0 Å². The Balaban J connectivity index is 2.10. The lowest BCUT2D eigenvalue weighted by atomic mass is 10.5. The molecule has 0 amide bonds. The Morgan fingerprint density at radius 2 is 1.71 bits per heavy atom. The molecule has 2 rings (SSSR count). The molecule has 0 N–H and O–H groups in total. The molecule has 0 bridgehead atoms. The molecule has 2 aliphatic rings. The van der Waals surface area contributed by atoms with Crippen molar-refractivity contribution in [1.29, 1.82) is 0 Å². The van der Waals surface area contributed by atoms with Gasteiger partial charge in [0, 0.05) is 0 Å². The van der Waals surface area contributed by atoms with Crippen LogP contribution in [0.1, 0.15) is 6.92 Å². The molecule has 2 fully saturated rings. The summed E-state index contributed by atoms with van der Waals surface area (Å²) < 4.78 is 0. The summed E-state index contributed by atoms with van der Waals surface area (Å²) in [6.07, 6.45) is 4.88. The third-order valence-electron chi connectivity index (χ3n) is 2.30. The summed E-state index contributed by atoms with van der Waals surface area (Å²) in [6, 6.07) is 0. The highest BCUT2D eigenvalue weighted by Gasteiger charge is 2.59. The lowest BCUT2D eigenvalue weighted by Crippen LogP contribution is -1.93. The highest BCUT2D eigenvalue weighted by Crippen LogP contribution is 2.88. The Hall–Kier alpha value is 0.350. The quantitative estimate of drug-likeness (QED) is 0.331. The maximum Gasteiger partial charge on any atom is -0.0390 e. The Bertz CT molecular complexity index is 105. The predicted molar refractivity (Wildman–Crippen MR) is 35.9 cm³/mol. The summed E-state index contributed by atoms with van der Waals surface area (Å²) in [4.78, 5) is 0. The highest BCUT2D eigenvalue weighted by molar-refractivity contribution is 8.41. The van der Waals surface area contributed by atoms with E-state index in [4.69, 9.17) is 0 Å². The maximum atomic E-state index is 2.44. The molecular formula is C6H11S-. The van der Waals surface area contributed by atoms with Crippen LogP contribution in [0.5, 0.6) is 0 Å². The van der Waals surface area contributed by atoms with E-state index in [1.807, 2.05) is 0 Å². The van der Waals surface area contributed by atoms with E-state index in [9.17, 15) is 0 Å². The van der Waals surface area contributed by atoms with Crippen LogP contribution in [0.15, 0.2) is 0 Å². The molecule has 2 unspecified atom stereocenters. The topological polar surface area (TPSA) is 0 Å². The van der Waals surface area contributed by atoms with Gasteiger partial charge in [0.1, 0.15) is 0 Å². The van der Waals surface area contributed by atoms with Gasteiger partial charge in [0.15, 0.2) is 0 Å². The first-order valence-electron chi connectivity index (χ1n) is 2.70. The Labute approximate surface area is 46.6 Å². The van der Waals surface area contributed by atoms with Gasteiger partial charge in [-0.1, -0.05) is 0 Å². The fourth-order valence-corrected chi connectivity index (χ4v) is 5.62. The summed E-state index contributed by atoms with van der Waals surface area (Å²) in [5.41, 5.74) is 0. The van der Waals surface area contributed by atoms with E-state index >= 15 is 0 Å². The minimum Gasteiger partial charge on any atom is -0.300 e. The highest BCUT2D eigenvalue weighted by atomic mass is 32.3. The van der Waals surface area contributed by atoms with Crippen molar-refractivity contribution in [3.63, 3.8) is 0 Å². The lowest BCUT2D eigenvalue weighted by Gasteiger charge is -2.29. The second kappa shape index (κ2) is 0.771. The first-order chi connectivity index (χ1) is 3.15. The molecule has 2 atom stereocenters. The van der Waals surface area contributed by atoms with E-state index in [0.29, 0.717) is 0 Å². The van der Waals surface area contributed by atoms with Crippen molar-refractivity contribution in [3.8, 4) is 0 Å². The zero-order valence-corrected chi connectivity index (χ0v) is 5.88. The first kappa shape index (κ1) is 4.25. The van der Waals surface area contributed by atoms with Crippen molar-refractivity contribution in [2.75, 3.05) is 12.5 Å². The van der Waals surface area contributed by atoms with E-state index in [2.05, 4.69) is 19.4 Å². The molecule has 0 aromatic carbocycles. The third-order valence-corrected chi connectivity index (χ3v) is 5.89. The Morgan fingerprint density at radius 1 is 1.29 bits per heavy atom. The van der Waals surface area contributed by atoms with Crippen LogP contribution in [0.3, 0.4) is 0 Å². The van der Waals surface area contributed by atoms with Gasteiger partial charge in [-0.2, -0.15) is 17.4 Å². The molecule has 1 saturated heterocycles. The molecule has 0 nitrogen and oxygen atoms in total. The number of hydrogen-bond acceptors (Lipinski definition) is 0. The summed E-state index contributed by atoms with van der Waals surface area (Å²) in [7, 11) is 0.0156. The molecule has 0 aromatic rings. The van der Waals surface area contributed by atoms with E-state index < -0.39 is 0 Å². The summed E-state index contributed by atoms with van der Waals surface area (Å²) >= 11 is 0. The summed E-state index contributed by atoms with van der Waals surface area (Å²) in [5, 5.41) is 2.26. The zero-order chi connectivity index (χ0) is 5.23. The van der Waals surface area contributed by atoms with Gasteiger partial charge in [-0.25, -0.2) is 0 Å². The van der Waals surface area contributed by atoms with E-state index in [-0.39, 0.29) is 10.0 Å². The van der Waals surface area contributed by atoms with Crippen molar-refractivity contribution in [3.05, 3.63) is 5.92 Å². The largest absolute Gasteiger partial charge is 0.300 e. The molecule has 0 spiro atoms. The van der Waals surface area contributed by atoms with Crippen molar-refractivity contribution in [2.45, 2.75) is 17.4 Å². The number of hydrogen-bond donors (Lipinski definition) is 0. The fourth-order valence-electron chi connectivity index (χ4n) is 1.71. The fraction of sp³-hybridized carbons (Fsp3) is 0.833. The first-order valence-corrected chi connectivity index (χ1v) is 5.27. The normalized spacial score (nSPS) is 58.1. The van der Waals surface area contributed by atoms with E-state index in [0.717, 1.165) is 10.5 Å². The van der Waals surface area contributed by atoms with Gasteiger partial charge in [0.05, 0.1) is 0 Å². The standard InChI is InChI=1S/C6H11S/c1-4-5-6(4)7(5,2)3/h5-6H,1-3H3/q-1. The van der Waals surface area contributed by atoms with Crippen LogP contribution in [0, 0.1) is 5.92 Å². The van der Waals surface area contributed by atoms with Crippen LogP contribution >= 0.6 is 10.0 Å². The average molecular weight is 115 g/mol. The Kier molecular flexibility index (Phi) is 0.468. The lowest BCUT2D eigenvalue weighted by molar-refractivity contribution is 1.35. The SMILES string of the molecule is C[C-]1C2C1S2(C)C. The number of rotatable bonds is 0. The molecule has 1 heteroatoms. The molecule has 1 aliphatic heterocycles. The maximum absolute atomic E-state index is 2.44. The van der Waals surface area contributed by atoms with Gasteiger partial charge in [0.2, 0.25) is 0 Å². The van der Waals surface area contributed by atoms with E-state index in [1.165, 1.54) is 0 Å². The third kappa shape index (κ3) is 0.290. The van der Waals surface area contributed by atoms with Gasteiger partial charge < -0.3 is 0 Å². The minimum atomic E-state index is 0.0156. The van der Waals surface area contributed by atoms with Crippen LogP contribution in [0.4, 0.5) is 0 Å². The molecule has 1 saturated carbocycles. The van der Waals surface area contributed by atoms with Gasteiger partial charge >= 0.3 is 0 Å².